The Morgan fingerprint density at radius 2 is 1.85 bits per heavy atom. The molecule has 1 atom stereocenters. The molecule has 0 amide bonds. The van der Waals surface area contributed by atoms with Crippen molar-refractivity contribution in [2.75, 3.05) is 27.3 Å². The van der Waals surface area contributed by atoms with Crippen molar-refractivity contribution in [1.29, 1.82) is 0 Å². The first-order valence-electron chi connectivity index (χ1n) is 9.52. The number of hydrogen-bond donors (Lipinski definition) is 3. The van der Waals surface area contributed by atoms with Crippen LogP contribution in [0.4, 0.5) is 0 Å². The molecule has 6 nitrogen and oxygen atoms in total. The highest BCUT2D eigenvalue weighted by molar-refractivity contribution is 14.0. The van der Waals surface area contributed by atoms with Crippen LogP contribution in [-0.2, 0) is 0 Å². The van der Waals surface area contributed by atoms with E-state index >= 15 is 0 Å². The summed E-state index contributed by atoms with van der Waals surface area (Å²) in [6.45, 7) is 5.44. The van der Waals surface area contributed by atoms with E-state index in [1.54, 1.807) is 26.4 Å². The maximum absolute atomic E-state index is 10.5. The quantitative estimate of drug-likeness (QED) is 0.310. The second kappa shape index (κ2) is 12.3. The van der Waals surface area contributed by atoms with Gasteiger partial charge < -0.3 is 25.2 Å². The van der Waals surface area contributed by atoms with Crippen LogP contribution in [0.3, 0.4) is 0 Å². The molecule has 0 radical (unpaired) electrons. The Morgan fingerprint density at radius 3 is 2.44 bits per heavy atom. The fourth-order valence-corrected chi connectivity index (χ4v) is 3.26. The Morgan fingerprint density at radius 1 is 1.19 bits per heavy atom. The van der Waals surface area contributed by atoms with Gasteiger partial charge in [-0.15, -0.1) is 24.0 Å². The minimum atomic E-state index is -0.698. The zero-order chi connectivity index (χ0) is 18.9. The summed E-state index contributed by atoms with van der Waals surface area (Å²) in [7, 11) is 3.18. The van der Waals surface area contributed by atoms with E-state index < -0.39 is 6.10 Å². The second-order valence-electron chi connectivity index (χ2n) is 6.95. The van der Waals surface area contributed by atoms with E-state index in [0.29, 0.717) is 17.5 Å². The number of ether oxygens (including phenoxy) is 2. The van der Waals surface area contributed by atoms with Gasteiger partial charge in [-0.05, 0) is 56.2 Å². The van der Waals surface area contributed by atoms with Crippen LogP contribution in [0.5, 0.6) is 11.5 Å². The smallest absolute Gasteiger partial charge is 0.191 e. The molecule has 2 rings (SSSR count). The number of nitrogens with zero attached hydrogens (tertiary/aromatic N) is 1. The van der Waals surface area contributed by atoms with Gasteiger partial charge in [-0.1, -0.05) is 13.0 Å². The van der Waals surface area contributed by atoms with Gasteiger partial charge >= 0.3 is 0 Å². The predicted octanol–water partition coefficient (Wildman–Crippen LogP) is 3.49. The molecule has 1 aliphatic rings. The maximum Gasteiger partial charge on any atom is 0.191 e. The SMILES string of the molecule is CCNC(=NCC(O)c1ccc(OC)c(OC)c1)NC1CCC(C)CC1.I. The third-order valence-electron chi connectivity index (χ3n) is 4.92. The van der Waals surface area contributed by atoms with Crippen LogP contribution >= 0.6 is 24.0 Å². The van der Waals surface area contributed by atoms with Crippen LogP contribution in [0.15, 0.2) is 23.2 Å². The third-order valence-corrected chi connectivity index (χ3v) is 4.92. The molecule has 1 fully saturated rings. The molecule has 0 bridgehead atoms. The fourth-order valence-electron chi connectivity index (χ4n) is 3.26. The van der Waals surface area contributed by atoms with Crippen LogP contribution in [0, 0.1) is 5.92 Å². The maximum atomic E-state index is 10.5. The van der Waals surface area contributed by atoms with Gasteiger partial charge in [-0.2, -0.15) is 0 Å². The summed E-state index contributed by atoms with van der Waals surface area (Å²) in [5.74, 6) is 2.84. The van der Waals surface area contributed by atoms with Crippen molar-refractivity contribution in [3.63, 3.8) is 0 Å². The summed E-state index contributed by atoms with van der Waals surface area (Å²) in [5, 5.41) is 17.3. The number of guanidine groups is 1. The van der Waals surface area contributed by atoms with Gasteiger partial charge in [0.1, 0.15) is 0 Å². The Balaban J connectivity index is 0.00000364. The highest BCUT2D eigenvalue weighted by Crippen LogP contribution is 2.30. The molecule has 0 aliphatic heterocycles. The zero-order valence-corrected chi connectivity index (χ0v) is 19.2. The Bertz CT molecular complexity index is 590. The van der Waals surface area contributed by atoms with Gasteiger partial charge in [0.2, 0.25) is 0 Å². The average Bonchev–Trinajstić information content (AvgIpc) is 2.67. The van der Waals surface area contributed by atoms with E-state index in [9.17, 15) is 5.11 Å². The Kier molecular flexibility index (Phi) is 10.8. The number of aliphatic hydroxyl groups is 1. The largest absolute Gasteiger partial charge is 0.493 e. The number of benzene rings is 1. The normalized spacial score (nSPS) is 21.0. The molecule has 1 saturated carbocycles. The number of rotatable bonds is 7. The van der Waals surface area contributed by atoms with Crippen molar-refractivity contribution in [3.8, 4) is 11.5 Å². The van der Waals surface area contributed by atoms with Gasteiger partial charge in [0.05, 0.1) is 26.9 Å². The predicted molar refractivity (Wildman–Crippen MR) is 120 cm³/mol. The molecule has 0 saturated heterocycles. The van der Waals surface area contributed by atoms with Crippen molar-refractivity contribution >= 4 is 29.9 Å². The van der Waals surface area contributed by atoms with Crippen molar-refractivity contribution < 1.29 is 14.6 Å². The summed E-state index contributed by atoms with van der Waals surface area (Å²) in [5.41, 5.74) is 0.758. The molecular formula is C20H34IN3O3. The first kappa shape index (κ1) is 23.8. The van der Waals surface area contributed by atoms with Crippen molar-refractivity contribution in [2.45, 2.75) is 51.7 Å². The summed E-state index contributed by atoms with van der Waals surface area (Å²) in [6.07, 6.45) is 4.15. The number of aliphatic imine (C=N–C) groups is 1. The van der Waals surface area contributed by atoms with E-state index in [2.05, 4.69) is 22.5 Å². The minimum absolute atomic E-state index is 0. The van der Waals surface area contributed by atoms with E-state index in [1.165, 1.54) is 25.7 Å². The first-order chi connectivity index (χ1) is 12.6. The van der Waals surface area contributed by atoms with E-state index in [1.807, 2.05) is 13.0 Å². The molecule has 0 aromatic heterocycles. The zero-order valence-electron chi connectivity index (χ0n) is 16.8. The highest BCUT2D eigenvalue weighted by atomic mass is 127. The van der Waals surface area contributed by atoms with Crippen molar-refractivity contribution in [2.24, 2.45) is 10.9 Å². The van der Waals surface area contributed by atoms with E-state index in [4.69, 9.17) is 9.47 Å². The third kappa shape index (κ3) is 7.37. The number of halogens is 1. The Labute approximate surface area is 180 Å². The summed E-state index contributed by atoms with van der Waals surface area (Å²) < 4.78 is 10.5. The second-order valence-corrected chi connectivity index (χ2v) is 6.95. The highest BCUT2D eigenvalue weighted by Gasteiger charge is 2.19. The lowest BCUT2D eigenvalue weighted by atomic mass is 9.87. The molecule has 1 aromatic carbocycles. The van der Waals surface area contributed by atoms with Gasteiger partial charge in [0, 0.05) is 12.6 Å². The fraction of sp³-hybridized carbons (Fsp3) is 0.650. The van der Waals surface area contributed by atoms with Gasteiger partial charge in [0.25, 0.3) is 0 Å². The molecule has 3 N–H and O–H groups in total. The summed E-state index contributed by atoms with van der Waals surface area (Å²) in [6, 6.07) is 5.89. The van der Waals surface area contributed by atoms with Gasteiger partial charge in [-0.3, -0.25) is 4.99 Å². The summed E-state index contributed by atoms with van der Waals surface area (Å²) in [4.78, 5) is 4.57. The van der Waals surface area contributed by atoms with E-state index in [0.717, 1.165) is 24.0 Å². The minimum Gasteiger partial charge on any atom is -0.493 e. The van der Waals surface area contributed by atoms with Crippen LogP contribution in [0.2, 0.25) is 0 Å². The lowest BCUT2D eigenvalue weighted by Gasteiger charge is -2.28. The standard InChI is InChI=1S/C20H33N3O3.HI/c1-5-21-20(23-16-9-6-14(2)7-10-16)22-13-17(24)15-8-11-18(25-3)19(12-15)26-4;/h8,11-12,14,16-17,24H,5-7,9-10,13H2,1-4H3,(H2,21,22,23);1H. The van der Waals surface area contributed by atoms with Gasteiger partial charge in [-0.25, -0.2) is 0 Å². The van der Waals surface area contributed by atoms with Crippen LogP contribution in [0.1, 0.15) is 51.2 Å². The first-order valence-corrected chi connectivity index (χ1v) is 9.52. The molecule has 1 aromatic rings. The summed E-state index contributed by atoms with van der Waals surface area (Å²) >= 11 is 0. The molecule has 0 spiro atoms. The number of nitrogens with one attached hydrogen (secondary N) is 2. The topological polar surface area (TPSA) is 75.1 Å². The number of hydrogen-bond acceptors (Lipinski definition) is 4. The lowest BCUT2D eigenvalue weighted by Crippen LogP contribution is -2.45. The molecular weight excluding hydrogens is 457 g/mol. The Hall–Kier alpha value is -1.22. The molecule has 0 heterocycles. The molecule has 154 valence electrons. The lowest BCUT2D eigenvalue weighted by molar-refractivity contribution is 0.186. The van der Waals surface area contributed by atoms with Crippen LogP contribution < -0.4 is 20.1 Å². The van der Waals surface area contributed by atoms with Crippen molar-refractivity contribution in [1.82, 2.24) is 10.6 Å². The average molecular weight is 491 g/mol. The molecule has 1 aliphatic carbocycles. The molecule has 27 heavy (non-hydrogen) atoms. The van der Waals surface area contributed by atoms with Gasteiger partial charge in [0.15, 0.2) is 17.5 Å². The van der Waals surface area contributed by atoms with Crippen LogP contribution in [0.25, 0.3) is 0 Å². The monoisotopic (exact) mass is 491 g/mol. The number of methoxy groups -OCH3 is 2. The number of aliphatic hydroxyl groups excluding tert-OH is 1. The van der Waals surface area contributed by atoms with Crippen molar-refractivity contribution in [3.05, 3.63) is 23.8 Å². The van der Waals surface area contributed by atoms with E-state index in [-0.39, 0.29) is 30.5 Å². The molecule has 7 heteroatoms. The molecule has 1 unspecified atom stereocenters. The van der Waals surface area contributed by atoms with Crippen LogP contribution in [-0.4, -0.2) is 44.4 Å².